The van der Waals surface area contributed by atoms with Gasteiger partial charge >= 0.3 is 0 Å². The number of nitrogens with zero attached hydrogens (tertiary/aromatic N) is 1. The summed E-state index contributed by atoms with van der Waals surface area (Å²) in [5, 5.41) is 0. The van der Waals surface area contributed by atoms with Crippen molar-refractivity contribution in [3.05, 3.63) is 11.4 Å². The van der Waals surface area contributed by atoms with Gasteiger partial charge in [-0.1, -0.05) is 27.7 Å². The highest BCUT2D eigenvalue weighted by Gasteiger charge is 2.70. The minimum absolute atomic E-state index is 0.300. The van der Waals surface area contributed by atoms with Gasteiger partial charge in [-0.05, 0) is 49.4 Å². The molecule has 0 aromatic heterocycles. The van der Waals surface area contributed by atoms with Crippen LogP contribution in [0.15, 0.2) is 0 Å². The molecule has 4 bridgehead atoms. The summed E-state index contributed by atoms with van der Waals surface area (Å²) in [6.07, 6.45) is 5.36. The summed E-state index contributed by atoms with van der Waals surface area (Å²) < 4.78 is 0. The Morgan fingerprint density at radius 2 is 1.94 bits per heavy atom. The molecular formula is C16H25N. The zero-order chi connectivity index (χ0) is 12.4. The Balaban J connectivity index is 2.05. The fraction of sp³-hybridized carbons (Fsp3) is 0.938. The maximum absolute atomic E-state index is 7.65. The topological polar surface area (TPSA) is 4.36 Å². The van der Waals surface area contributed by atoms with Gasteiger partial charge in [-0.2, -0.15) is 0 Å². The van der Waals surface area contributed by atoms with E-state index in [9.17, 15) is 0 Å². The third-order valence-corrected chi connectivity index (χ3v) is 6.59. The lowest BCUT2D eigenvalue weighted by atomic mass is 9.48. The third-order valence-electron chi connectivity index (χ3n) is 6.59. The fourth-order valence-electron chi connectivity index (χ4n) is 5.95. The average Bonchev–Trinajstić information content (AvgIpc) is 2.48. The summed E-state index contributed by atoms with van der Waals surface area (Å²) in [5.41, 5.74) is 0.673. The molecule has 0 aromatic rings. The minimum atomic E-state index is 0.300. The number of hydrogen-bond acceptors (Lipinski definition) is 0. The molecule has 0 amide bonds. The molecule has 1 nitrogen and oxygen atoms in total. The maximum atomic E-state index is 7.65. The van der Waals surface area contributed by atoms with Gasteiger partial charge in [-0.15, -0.1) is 0 Å². The summed E-state index contributed by atoms with van der Waals surface area (Å²) in [5.74, 6) is 3.47. The van der Waals surface area contributed by atoms with E-state index < -0.39 is 0 Å². The Morgan fingerprint density at radius 1 is 1.24 bits per heavy atom. The van der Waals surface area contributed by atoms with Gasteiger partial charge in [0.1, 0.15) is 0 Å². The van der Waals surface area contributed by atoms with Crippen LogP contribution in [0.2, 0.25) is 0 Å². The minimum Gasteiger partial charge on any atom is -0.312 e. The van der Waals surface area contributed by atoms with Crippen molar-refractivity contribution < 1.29 is 0 Å². The predicted octanol–water partition coefficient (Wildman–Crippen LogP) is 4.39. The summed E-state index contributed by atoms with van der Waals surface area (Å²) >= 11 is 0. The molecule has 4 fully saturated rings. The number of hydrogen-bond donors (Lipinski definition) is 0. The van der Waals surface area contributed by atoms with Gasteiger partial charge in [0.25, 0.3) is 0 Å². The molecule has 0 aromatic carbocycles. The summed E-state index contributed by atoms with van der Waals surface area (Å²) in [6, 6.07) is 0.300. The van der Waals surface area contributed by atoms with Crippen molar-refractivity contribution in [3.63, 3.8) is 0 Å². The highest BCUT2D eigenvalue weighted by atomic mass is 14.9. The lowest BCUT2D eigenvalue weighted by molar-refractivity contribution is -0.0521. The molecule has 4 aliphatic carbocycles. The van der Waals surface area contributed by atoms with Gasteiger partial charge in [-0.3, -0.25) is 0 Å². The van der Waals surface area contributed by atoms with E-state index in [-0.39, 0.29) is 0 Å². The van der Waals surface area contributed by atoms with E-state index in [1.165, 1.54) is 25.7 Å². The van der Waals surface area contributed by atoms with Crippen molar-refractivity contribution in [1.29, 1.82) is 0 Å². The van der Waals surface area contributed by atoms with Crippen LogP contribution in [0.3, 0.4) is 0 Å². The van der Waals surface area contributed by atoms with Gasteiger partial charge in [-0.25, -0.2) is 6.57 Å². The highest BCUT2D eigenvalue weighted by Crippen LogP contribution is 2.71. The predicted molar refractivity (Wildman–Crippen MR) is 70.4 cm³/mol. The molecular weight excluding hydrogens is 206 g/mol. The lowest BCUT2D eigenvalue weighted by Crippen LogP contribution is -2.55. The molecule has 0 aliphatic heterocycles. The van der Waals surface area contributed by atoms with Crippen LogP contribution in [0.25, 0.3) is 4.85 Å². The van der Waals surface area contributed by atoms with Crippen LogP contribution in [0.1, 0.15) is 53.4 Å². The van der Waals surface area contributed by atoms with Crippen molar-refractivity contribution in [2.24, 2.45) is 34.5 Å². The zero-order valence-electron chi connectivity index (χ0n) is 11.7. The molecule has 6 atom stereocenters. The molecule has 0 radical (unpaired) electrons. The van der Waals surface area contributed by atoms with Crippen LogP contribution < -0.4 is 0 Å². The lowest BCUT2D eigenvalue weighted by Gasteiger charge is -2.54. The quantitative estimate of drug-likeness (QED) is 0.589. The van der Waals surface area contributed by atoms with E-state index in [0.717, 1.165) is 23.7 Å². The van der Waals surface area contributed by atoms with Gasteiger partial charge < -0.3 is 4.85 Å². The zero-order valence-corrected chi connectivity index (χ0v) is 11.7. The van der Waals surface area contributed by atoms with Crippen LogP contribution in [0.4, 0.5) is 0 Å². The molecule has 4 saturated carbocycles. The van der Waals surface area contributed by atoms with E-state index in [1.54, 1.807) is 0 Å². The molecule has 0 N–H and O–H groups in total. The van der Waals surface area contributed by atoms with Crippen LogP contribution in [-0.2, 0) is 0 Å². The van der Waals surface area contributed by atoms with E-state index in [1.807, 2.05) is 0 Å². The molecule has 0 heterocycles. The first-order chi connectivity index (χ1) is 7.92. The van der Waals surface area contributed by atoms with Crippen molar-refractivity contribution in [2.75, 3.05) is 0 Å². The fourth-order valence-corrected chi connectivity index (χ4v) is 5.95. The summed E-state index contributed by atoms with van der Waals surface area (Å²) in [6.45, 7) is 17.3. The van der Waals surface area contributed by atoms with Crippen molar-refractivity contribution in [1.82, 2.24) is 0 Å². The Hall–Kier alpha value is -0.510. The van der Waals surface area contributed by atoms with E-state index in [2.05, 4.69) is 32.5 Å². The first-order valence-electron chi connectivity index (χ1n) is 7.29. The largest absolute Gasteiger partial charge is 0.312 e. The third kappa shape index (κ3) is 1.25. The normalized spacial score (nSPS) is 56.2. The molecule has 17 heavy (non-hydrogen) atoms. The van der Waals surface area contributed by atoms with E-state index in [0.29, 0.717) is 16.9 Å². The van der Waals surface area contributed by atoms with Crippen molar-refractivity contribution in [2.45, 2.75) is 59.4 Å². The van der Waals surface area contributed by atoms with Gasteiger partial charge in [0.15, 0.2) is 0 Å². The van der Waals surface area contributed by atoms with Gasteiger partial charge in [0.2, 0.25) is 6.04 Å². The maximum Gasteiger partial charge on any atom is 0.234 e. The Morgan fingerprint density at radius 3 is 2.53 bits per heavy atom. The number of rotatable bonds is 1. The molecule has 0 spiro atoms. The monoisotopic (exact) mass is 231 g/mol. The first-order valence-corrected chi connectivity index (χ1v) is 7.29. The number of fused-ring (bicyclic) bond motifs is 1. The van der Waals surface area contributed by atoms with Crippen LogP contribution in [0.5, 0.6) is 0 Å². The smallest absolute Gasteiger partial charge is 0.234 e. The van der Waals surface area contributed by atoms with E-state index in [4.69, 9.17) is 6.57 Å². The Bertz CT molecular complexity index is 379. The van der Waals surface area contributed by atoms with Crippen LogP contribution >= 0.6 is 0 Å². The van der Waals surface area contributed by atoms with Crippen LogP contribution in [-0.4, -0.2) is 6.04 Å². The standard InChI is InChI=1S/C16H25N/c1-10(2)11-9-16(4)13-6-7-15(3,8-12(11)13)14(16)17-5/h10-14H,6-9H2,1-4H3/t11-,12?,13?,14?,15?,16?/m1/s1. The second kappa shape index (κ2) is 3.28. The molecule has 94 valence electrons. The van der Waals surface area contributed by atoms with Crippen molar-refractivity contribution in [3.8, 4) is 0 Å². The molecule has 0 saturated heterocycles. The van der Waals surface area contributed by atoms with Crippen LogP contribution in [0, 0.1) is 41.1 Å². The van der Waals surface area contributed by atoms with Gasteiger partial charge in [0, 0.05) is 10.8 Å². The van der Waals surface area contributed by atoms with E-state index >= 15 is 0 Å². The molecule has 4 rings (SSSR count). The summed E-state index contributed by atoms with van der Waals surface area (Å²) in [7, 11) is 0. The first kappa shape index (κ1) is 11.6. The Kier molecular flexibility index (Phi) is 2.23. The second-order valence-corrected chi connectivity index (χ2v) is 7.82. The van der Waals surface area contributed by atoms with Crippen molar-refractivity contribution >= 4 is 0 Å². The highest BCUT2D eigenvalue weighted by molar-refractivity contribution is 5.20. The Labute approximate surface area is 106 Å². The molecule has 4 aliphatic rings. The summed E-state index contributed by atoms with van der Waals surface area (Å²) in [4.78, 5) is 4.10. The average molecular weight is 231 g/mol. The SMILES string of the molecule is [C-]#[N+]C1C2(C)CCC3C(C2)[C@@H](C(C)C)CC31C. The molecule has 1 heteroatoms. The molecule has 5 unspecified atom stereocenters. The second-order valence-electron chi connectivity index (χ2n) is 7.82. The van der Waals surface area contributed by atoms with Gasteiger partial charge in [0.05, 0.1) is 0 Å².